The molecule has 0 saturated carbocycles. The van der Waals surface area contributed by atoms with Crippen LogP contribution >= 0.6 is 0 Å². The number of aliphatic hydroxyl groups is 1. The Morgan fingerprint density at radius 3 is 1.89 bits per heavy atom. The summed E-state index contributed by atoms with van der Waals surface area (Å²) in [6.45, 7) is 2.60. The fourth-order valence-corrected chi connectivity index (χ4v) is 2.78. The molecule has 9 nitrogen and oxygen atoms in total. The molecule has 15 heteroatoms. The number of ether oxygens (including phenoxy) is 3. The van der Waals surface area contributed by atoms with Crippen molar-refractivity contribution in [3.8, 4) is 5.75 Å². The molecule has 0 bridgehead atoms. The molecule has 0 spiro atoms. The molecule has 1 aromatic carbocycles. The van der Waals surface area contributed by atoms with Gasteiger partial charge in [0, 0.05) is 12.0 Å². The van der Waals surface area contributed by atoms with Crippen molar-refractivity contribution < 1.29 is 60.0 Å². The number of anilines is 1. The van der Waals surface area contributed by atoms with E-state index in [1.165, 1.54) is 26.1 Å². The molecule has 1 amide bonds. The lowest BCUT2D eigenvalue weighted by Crippen LogP contribution is -2.69. The van der Waals surface area contributed by atoms with E-state index in [9.17, 15) is 45.8 Å². The molecule has 1 rings (SSSR count). The first-order chi connectivity index (χ1) is 16.0. The normalized spacial score (nSPS) is 15.3. The minimum Gasteiger partial charge on any atom is -0.495 e. The number of carbonyl (C=O) groups is 3. The van der Waals surface area contributed by atoms with Crippen molar-refractivity contribution in [1.82, 2.24) is 5.32 Å². The Morgan fingerprint density at radius 2 is 1.46 bits per heavy atom. The lowest BCUT2D eigenvalue weighted by atomic mass is 9.92. The van der Waals surface area contributed by atoms with Gasteiger partial charge in [-0.3, -0.25) is 4.79 Å². The zero-order valence-corrected chi connectivity index (χ0v) is 19.0. The third kappa shape index (κ3) is 5.89. The lowest BCUT2D eigenvalue weighted by Gasteiger charge is -2.36. The van der Waals surface area contributed by atoms with Crippen LogP contribution in [-0.4, -0.2) is 61.3 Å². The van der Waals surface area contributed by atoms with E-state index in [0.29, 0.717) is 18.2 Å². The number of nitrogens with one attached hydrogen (secondary N) is 2. The van der Waals surface area contributed by atoms with Gasteiger partial charge in [0.05, 0.1) is 26.0 Å². The number of alkyl halides is 6. The van der Waals surface area contributed by atoms with E-state index in [0.717, 1.165) is 7.11 Å². The number of esters is 2. The quantitative estimate of drug-likeness (QED) is 0.246. The molecular formula is C20H24F6N2O7. The molecule has 2 atom stereocenters. The molecule has 0 aliphatic heterocycles. The summed E-state index contributed by atoms with van der Waals surface area (Å²) in [6.07, 6.45) is -11.6. The minimum atomic E-state index is -5.59. The van der Waals surface area contributed by atoms with Gasteiger partial charge >= 0.3 is 30.0 Å². The highest BCUT2D eigenvalue weighted by molar-refractivity contribution is 5.92. The van der Waals surface area contributed by atoms with Crippen LogP contribution in [-0.2, 0) is 29.5 Å². The van der Waals surface area contributed by atoms with Gasteiger partial charge in [0.1, 0.15) is 5.75 Å². The van der Waals surface area contributed by atoms with Gasteiger partial charge in [-0.05, 0) is 26.0 Å². The molecular weight excluding hydrogens is 494 g/mol. The summed E-state index contributed by atoms with van der Waals surface area (Å²) in [7, 11) is 0.867. The standard InChI is InChI=1S/C20H24F6N2O7/c1-5-14(29)28-18(20(24,25)26,16(31)35-7-3)27-12-9-8-11(10-13(12)33-4)17(32,19(21,22)23)15(30)34-6-2/h8-10,27,32H,5-7H2,1-4H3,(H,28,29)/t17-,18+/m0/s1. The van der Waals surface area contributed by atoms with Gasteiger partial charge in [0.25, 0.3) is 5.60 Å². The first kappa shape index (κ1) is 29.8. The van der Waals surface area contributed by atoms with Crippen LogP contribution in [0.1, 0.15) is 32.8 Å². The van der Waals surface area contributed by atoms with E-state index in [1.807, 2.05) is 0 Å². The van der Waals surface area contributed by atoms with Crippen molar-refractivity contribution in [1.29, 1.82) is 0 Å². The fraction of sp³-hybridized carbons (Fsp3) is 0.550. The van der Waals surface area contributed by atoms with Crippen LogP contribution in [0.5, 0.6) is 5.75 Å². The molecule has 0 radical (unpaired) electrons. The van der Waals surface area contributed by atoms with Crippen molar-refractivity contribution in [3.63, 3.8) is 0 Å². The van der Waals surface area contributed by atoms with Crippen molar-refractivity contribution in [3.05, 3.63) is 23.8 Å². The number of halogens is 6. The van der Waals surface area contributed by atoms with Gasteiger partial charge in [0.15, 0.2) is 0 Å². The number of hydrogen-bond donors (Lipinski definition) is 3. The van der Waals surface area contributed by atoms with Crippen LogP contribution in [0, 0.1) is 0 Å². The Hall–Kier alpha value is -3.23. The van der Waals surface area contributed by atoms with Crippen molar-refractivity contribution >= 4 is 23.5 Å². The molecule has 35 heavy (non-hydrogen) atoms. The van der Waals surface area contributed by atoms with Crippen LogP contribution in [0.25, 0.3) is 0 Å². The third-order valence-electron chi connectivity index (χ3n) is 4.58. The summed E-state index contributed by atoms with van der Waals surface area (Å²) < 4.78 is 96.9. The van der Waals surface area contributed by atoms with Gasteiger partial charge in [-0.2, -0.15) is 26.3 Å². The van der Waals surface area contributed by atoms with Gasteiger partial charge < -0.3 is 30.0 Å². The van der Waals surface area contributed by atoms with Crippen LogP contribution in [0.4, 0.5) is 32.0 Å². The monoisotopic (exact) mass is 518 g/mol. The zero-order valence-electron chi connectivity index (χ0n) is 19.0. The summed E-state index contributed by atoms with van der Waals surface area (Å²) in [5, 5.41) is 13.5. The fourth-order valence-electron chi connectivity index (χ4n) is 2.78. The summed E-state index contributed by atoms with van der Waals surface area (Å²) in [5.41, 5.74) is -9.91. The first-order valence-corrected chi connectivity index (χ1v) is 10.0. The Bertz CT molecular complexity index is 938. The van der Waals surface area contributed by atoms with Gasteiger partial charge in [-0.1, -0.05) is 13.0 Å². The van der Waals surface area contributed by atoms with E-state index >= 15 is 0 Å². The zero-order chi connectivity index (χ0) is 27.2. The molecule has 198 valence electrons. The molecule has 0 aliphatic rings. The van der Waals surface area contributed by atoms with E-state index in [2.05, 4.69) is 9.47 Å². The second-order valence-corrected chi connectivity index (χ2v) is 6.84. The summed E-state index contributed by atoms with van der Waals surface area (Å²) in [4.78, 5) is 36.2. The van der Waals surface area contributed by atoms with Crippen LogP contribution in [0.3, 0.4) is 0 Å². The van der Waals surface area contributed by atoms with Crippen LogP contribution in [0.15, 0.2) is 18.2 Å². The van der Waals surface area contributed by atoms with Crippen LogP contribution < -0.4 is 15.4 Å². The Morgan fingerprint density at radius 1 is 0.914 bits per heavy atom. The SMILES string of the molecule is CCOC(=O)[C@](NC(=O)CC)(Nc1ccc([C@](O)(C(=O)OCC)C(F)(F)F)cc1OC)C(F)(F)F. The maximum atomic E-state index is 14.1. The Balaban J connectivity index is 3.75. The van der Waals surface area contributed by atoms with E-state index in [-0.39, 0.29) is 0 Å². The van der Waals surface area contributed by atoms with Crippen molar-refractivity contribution in [2.75, 3.05) is 25.6 Å². The number of methoxy groups -OCH3 is 1. The maximum Gasteiger partial charge on any atom is 0.441 e. The first-order valence-electron chi connectivity index (χ1n) is 10.0. The summed E-state index contributed by atoms with van der Waals surface area (Å²) in [6, 6.07) is 1.49. The number of carbonyl (C=O) groups excluding carboxylic acids is 3. The summed E-state index contributed by atoms with van der Waals surface area (Å²) >= 11 is 0. The maximum absolute atomic E-state index is 14.1. The van der Waals surface area contributed by atoms with Gasteiger partial charge in [-0.15, -0.1) is 0 Å². The van der Waals surface area contributed by atoms with E-state index < -0.39 is 78.1 Å². The molecule has 0 unspecified atom stereocenters. The second-order valence-electron chi connectivity index (χ2n) is 6.84. The predicted molar refractivity (Wildman–Crippen MR) is 107 cm³/mol. The van der Waals surface area contributed by atoms with Crippen LogP contribution in [0.2, 0.25) is 0 Å². The predicted octanol–water partition coefficient (Wildman–Crippen LogP) is 2.77. The van der Waals surface area contributed by atoms with E-state index in [4.69, 9.17) is 4.74 Å². The molecule has 0 aliphatic carbocycles. The average molecular weight is 518 g/mol. The number of hydrogen-bond acceptors (Lipinski definition) is 8. The number of benzene rings is 1. The minimum absolute atomic E-state index is 0.431. The highest BCUT2D eigenvalue weighted by Crippen LogP contribution is 2.43. The third-order valence-corrected chi connectivity index (χ3v) is 4.58. The second kappa shape index (κ2) is 11.0. The molecule has 3 N–H and O–H groups in total. The lowest BCUT2D eigenvalue weighted by molar-refractivity contribution is -0.267. The van der Waals surface area contributed by atoms with Gasteiger partial charge in [0.2, 0.25) is 5.91 Å². The summed E-state index contributed by atoms with van der Waals surface area (Å²) in [5.74, 6) is -6.01. The Labute approximate surface area is 195 Å². The topological polar surface area (TPSA) is 123 Å². The Kier molecular flexibility index (Phi) is 9.37. The van der Waals surface area contributed by atoms with E-state index in [1.54, 1.807) is 5.32 Å². The molecule has 0 fully saturated rings. The highest BCUT2D eigenvalue weighted by Gasteiger charge is 2.64. The highest BCUT2D eigenvalue weighted by atomic mass is 19.4. The number of rotatable bonds is 10. The molecule has 1 aromatic rings. The van der Waals surface area contributed by atoms with Crippen molar-refractivity contribution in [2.45, 2.75) is 50.8 Å². The smallest absolute Gasteiger partial charge is 0.441 e. The number of amides is 1. The molecule has 0 heterocycles. The molecule has 0 saturated heterocycles. The van der Waals surface area contributed by atoms with Gasteiger partial charge in [-0.25, -0.2) is 9.59 Å². The molecule has 0 aromatic heterocycles. The largest absolute Gasteiger partial charge is 0.495 e. The average Bonchev–Trinajstić information content (AvgIpc) is 2.76. The van der Waals surface area contributed by atoms with Crippen molar-refractivity contribution in [2.24, 2.45) is 0 Å².